The number of aromatic nitrogens is 1. The largest absolute Gasteiger partial charge is 0.491 e. The first-order valence-electron chi connectivity index (χ1n) is 6.23. The fraction of sp³-hybridized carbons (Fsp3) is 0.400. The molecule has 0 atom stereocenters. The van der Waals surface area contributed by atoms with Crippen molar-refractivity contribution < 1.29 is 4.74 Å². The number of fused-ring (bicyclic) bond motifs is 1. The average molecular weight is 244 g/mol. The van der Waals surface area contributed by atoms with Crippen LogP contribution in [-0.2, 0) is 0 Å². The van der Waals surface area contributed by atoms with Gasteiger partial charge in [0.2, 0.25) is 0 Å². The van der Waals surface area contributed by atoms with Crippen LogP contribution < -0.4 is 10.5 Å². The van der Waals surface area contributed by atoms with Crippen molar-refractivity contribution in [2.75, 3.05) is 12.3 Å². The zero-order valence-corrected chi connectivity index (χ0v) is 11.2. The molecule has 1 heterocycles. The second-order valence-corrected chi connectivity index (χ2v) is 5.71. The van der Waals surface area contributed by atoms with Crippen LogP contribution in [0, 0.1) is 5.41 Å². The monoisotopic (exact) mass is 244 g/mol. The van der Waals surface area contributed by atoms with Gasteiger partial charge >= 0.3 is 0 Å². The van der Waals surface area contributed by atoms with Crippen LogP contribution in [0.3, 0.4) is 0 Å². The molecule has 0 unspecified atom stereocenters. The average Bonchev–Trinajstić information content (AvgIpc) is 2.31. The lowest BCUT2D eigenvalue weighted by molar-refractivity contribution is 0.245. The Hall–Kier alpha value is -1.77. The van der Waals surface area contributed by atoms with Crippen molar-refractivity contribution in [3.8, 4) is 5.75 Å². The summed E-state index contributed by atoms with van der Waals surface area (Å²) in [6.45, 7) is 7.31. The molecule has 3 nitrogen and oxygen atoms in total. The molecule has 0 saturated heterocycles. The lowest BCUT2D eigenvalue weighted by Gasteiger charge is -2.18. The van der Waals surface area contributed by atoms with Crippen molar-refractivity contribution >= 4 is 16.6 Å². The van der Waals surface area contributed by atoms with Gasteiger partial charge in [-0.05, 0) is 36.1 Å². The highest BCUT2D eigenvalue weighted by molar-refractivity contribution is 5.94. The SMILES string of the molecule is CC(C)(C)CCOc1ccc(N)c2cccnc12. The summed E-state index contributed by atoms with van der Waals surface area (Å²) in [6.07, 6.45) is 2.77. The first-order chi connectivity index (χ1) is 8.47. The molecule has 0 fully saturated rings. The summed E-state index contributed by atoms with van der Waals surface area (Å²) < 4.78 is 5.83. The maximum absolute atomic E-state index is 5.93. The maximum atomic E-state index is 5.93. The molecule has 0 aliphatic carbocycles. The van der Waals surface area contributed by atoms with E-state index in [0.29, 0.717) is 6.61 Å². The third kappa shape index (κ3) is 2.92. The number of benzene rings is 1. The van der Waals surface area contributed by atoms with Crippen LogP contribution in [0.2, 0.25) is 0 Å². The van der Waals surface area contributed by atoms with E-state index in [1.165, 1.54) is 0 Å². The summed E-state index contributed by atoms with van der Waals surface area (Å²) in [5, 5.41) is 0.950. The summed E-state index contributed by atoms with van der Waals surface area (Å²) >= 11 is 0. The van der Waals surface area contributed by atoms with Crippen LogP contribution in [-0.4, -0.2) is 11.6 Å². The normalized spacial score (nSPS) is 11.7. The molecule has 1 aromatic heterocycles. The van der Waals surface area contributed by atoms with Crippen LogP contribution in [0.15, 0.2) is 30.5 Å². The topological polar surface area (TPSA) is 48.1 Å². The molecular formula is C15H20N2O. The number of hydrogen-bond donors (Lipinski definition) is 1. The minimum Gasteiger partial charge on any atom is -0.491 e. The molecule has 3 heteroatoms. The molecule has 96 valence electrons. The Morgan fingerprint density at radius 3 is 2.72 bits per heavy atom. The van der Waals surface area contributed by atoms with Crippen LogP contribution in [0.1, 0.15) is 27.2 Å². The molecule has 0 saturated carbocycles. The van der Waals surface area contributed by atoms with Crippen LogP contribution in [0.25, 0.3) is 10.9 Å². The number of nitrogens with zero attached hydrogens (tertiary/aromatic N) is 1. The number of anilines is 1. The fourth-order valence-corrected chi connectivity index (χ4v) is 1.75. The van der Waals surface area contributed by atoms with E-state index in [1.807, 2.05) is 24.3 Å². The van der Waals surface area contributed by atoms with Crippen LogP contribution >= 0.6 is 0 Å². The zero-order valence-electron chi connectivity index (χ0n) is 11.2. The summed E-state index contributed by atoms with van der Waals surface area (Å²) in [5.74, 6) is 0.809. The minimum absolute atomic E-state index is 0.275. The molecular weight excluding hydrogens is 224 g/mol. The van der Waals surface area contributed by atoms with Gasteiger partial charge in [0.05, 0.1) is 6.61 Å². The van der Waals surface area contributed by atoms with E-state index in [4.69, 9.17) is 10.5 Å². The van der Waals surface area contributed by atoms with E-state index in [1.54, 1.807) is 6.20 Å². The number of rotatable bonds is 3. The molecule has 0 spiro atoms. The van der Waals surface area contributed by atoms with Crippen LogP contribution in [0.4, 0.5) is 5.69 Å². The minimum atomic E-state index is 0.275. The van der Waals surface area contributed by atoms with Crippen molar-refractivity contribution in [1.82, 2.24) is 4.98 Å². The number of ether oxygens (including phenoxy) is 1. The third-order valence-electron chi connectivity index (χ3n) is 2.88. The predicted octanol–water partition coefficient (Wildman–Crippen LogP) is 3.63. The summed E-state index contributed by atoms with van der Waals surface area (Å²) in [6, 6.07) is 7.62. The molecule has 0 aliphatic rings. The quantitative estimate of drug-likeness (QED) is 0.839. The smallest absolute Gasteiger partial charge is 0.145 e. The highest BCUT2D eigenvalue weighted by Crippen LogP contribution is 2.28. The van der Waals surface area contributed by atoms with E-state index in [2.05, 4.69) is 25.8 Å². The first-order valence-corrected chi connectivity index (χ1v) is 6.23. The number of nitrogen functional groups attached to an aromatic ring is 1. The Kier molecular flexibility index (Phi) is 3.41. The van der Waals surface area contributed by atoms with Crippen molar-refractivity contribution in [2.24, 2.45) is 5.41 Å². The Morgan fingerprint density at radius 2 is 2.00 bits per heavy atom. The molecule has 18 heavy (non-hydrogen) atoms. The Bertz CT molecular complexity index is 544. The van der Waals surface area contributed by atoms with Gasteiger partial charge in [-0.2, -0.15) is 0 Å². The van der Waals surface area contributed by atoms with E-state index in [-0.39, 0.29) is 5.41 Å². The predicted molar refractivity (Wildman–Crippen MR) is 75.7 cm³/mol. The van der Waals surface area contributed by atoms with Crippen molar-refractivity contribution in [1.29, 1.82) is 0 Å². The number of hydrogen-bond acceptors (Lipinski definition) is 3. The van der Waals surface area contributed by atoms with E-state index >= 15 is 0 Å². The Labute approximate surface area is 108 Å². The highest BCUT2D eigenvalue weighted by Gasteiger charge is 2.11. The van der Waals surface area contributed by atoms with Crippen molar-refractivity contribution in [2.45, 2.75) is 27.2 Å². The molecule has 0 amide bonds. The molecule has 1 aromatic carbocycles. The second kappa shape index (κ2) is 4.84. The molecule has 2 rings (SSSR count). The lowest BCUT2D eigenvalue weighted by Crippen LogP contribution is -2.11. The highest BCUT2D eigenvalue weighted by atomic mass is 16.5. The van der Waals surface area contributed by atoms with Gasteiger partial charge in [0.25, 0.3) is 0 Å². The van der Waals surface area contributed by atoms with Gasteiger partial charge in [0, 0.05) is 17.3 Å². The van der Waals surface area contributed by atoms with E-state index < -0.39 is 0 Å². The summed E-state index contributed by atoms with van der Waals surface area (Å²) in [7, 11) is 0. The molecule has 0 bridgehead atoms. The molecule has 0 radical (unpaired) electrons. The standard InChI is InChI=1S/C15H20N2O/c1-15(2,3)8-10-18-13-7-6-12(16)11-5-4-9-17-14(11)13/h4-7,9H,8,10,16H2,1-3H3. The van der Waals surface area contributed by atoms with Crippen molar-refractivity contribution in [3.63, 3.8) is 0 Å². The van der Waals surface area contributed by atoms with Gasteiger partial charge in [0.1, 0.15) is 11.3 Å². The van der Waals surface area contributed by atoms with Crippen molar-refractivity contribution in [3.05, 3.63) is 30.5 Å². The van der Waals surface area contributed by atoms with Gasteiger partial charge in [-0.1, -0.05) is 20.8 Å². The van der Waals surface area contributed by atoms with Gasteiger partial charge in [0.15, 0.2) is 0 Å². The van der Waals surface area contributed by atoms with Crippen LogP contribution in [0.5, 0.6) is 5.75 Å². The molecule has 2 aromatic rings. The molecule has 2 N–H and O–H groups in total. The fourth-order valence-electron chi connectivity index (χ4n) is 1.75. The summed E-state index contributed by atoms with van der Waals surface area (Å²) in [4.78, 5) is 4.35. The van der Waals surface area contributed by atoms with Gasteiger partial charge in [-0.15, -0.1) is 0 Å². The van der Waals surface area contributed by atoms with E-state index in [9.17, 15) is 0 Å². The Morgan fingerprint density at radius 1 is 1.22 bits per heavy atom. The van der Waals surface area contributed by atoms with E-state index in [0.717, 1.165) is 28.8 Å². The lowest BCUT2D eigenvalue weighted by atomic mass is 9.93. The summed E-state index contributed by atoms with van der Waals surface area (Å²) in [5.41, 5.74) is 7.78. The maximum Gasteiger partial charge on any atom is 0.145 e. The van der Waals surface area contributed by atoms with Gasteiger partial charge in [-0.3, -0.25) is 4.98 Å². The molecule has 0 aliphatic heterocycles. The number of pyridine rings is 1. The Balaban J connectivity index is 2.21. The first kappa shape index (κ1) is 12.7. The third-order valence-corrected chi connectivity index (χ3v) is 2.88. The second-order valence-electron chi connectivity index (χ2n) is 5.71. The number of nitrogens with two attached hydrogens (primary N) is 1. The zero-order chi connectivity index (χ0) is 13.2. The van der Waals surface area contributed by atoms with Gasteiger partial charge < -0.3 is 10.5 Å². The van der Waals surface area contributed by atoms with Gasteiger partial charge in [-0.25, -0.2) is 0 Å².